The van der Waals surface area contributed by atoms with Gasteiger partial charge in [0.15, 0.2) is 0 Å². The first kappa shape index (κ1) is 20.7. The van der Waals surface area contributed by atoms with Gasteiger partial charge in [0.05, 0.1) is 34.4 Å². The van der Waals surface area contributed by atoms with Crippen molar-refractivity contribution in [1.29, 1.82) is 5.41 Å². The molecule has 9 heteroatoms. The minimum absolute atomic E-state index is 0.161. The summed E-state index contributed by atoms with van der Waals surface area (Å²) < 4.78 is 19.5. The molecular weight excluding hydrogens is 409 g/mol. The SMILES string of the molecule is Cc1nc(C2CN(C(=O)c3ccc(F)cc3OCC3CCN3)CC2=N)nc(C)c1Cl. The van der Waals surface area contributed by atoms with Crippen molar-refractivity contribution in [3.63, 3.8) is 0 Å². The molecule has 2 saturated heterocycles. The first-order valence-electron chi connectivity index (χ1n) is 9.86. The molecule has 2 N–H and O–H groups in total. The lowest BCUT2D eigenvalue weighted by molar-refractivity contribution is 0.0789. The second kappa shape index (κ2) is 8.28. The Morgan fingerprint density at radius 3 is 2.70 bits per heavy atom. The summed E-state index contributed by atoms with van der Waals surface area (Å²) in [6.45, 7) is 5.33. The van der Waals surface area contributed by atoms with Gasteiger partial charge >= 0.3 is 0 Å². The Morgan fingerprint density at radius 2 is 2.07 bits per heavy atom. The Balaban J connectivity index is 1.54. The molecule has 0 bridgehead atoms. The number of aryl methyl sites for hydroxylation is 2. The summed E-state index contributed by atoms with van der Waals surface area (Å²) in [6, 6.07) is 4.13. The number of carbonyl (C=O) groups excluding carboxylic acids is 1. The van der Waals surface area contributed by atoms with Crippen molar-refractivity contribution < 1.29 is 13.9 Å². The summed E-state index contributed by atoms with van der Waals surface area (Å²) in [6.07, 6.45) is 0.990. The van der Waals surface area contributed by atoms with Crippen LogP contribution in [0.25, 0.3) is 0 Å². The van der Waals surface area contributed by atoms with E-state index in [1.807, 2.05) is 0 Å². The van der Waals surface area contributed by atoms with Crippen molar-refractivity contribution in [2.45, 2.75) is 32.2 Å². The third kappa shape index (κ3) is 4.02. The third-order valence-electron chi connectivity index (χ3n) is 5.52. The molecule has 2 fully saturated rings. The van der Waals surface area contributed by atoms with Gasteiger partial charge in [-0.15, -0.1) is 0 Å². The monoisotopic (exact) mass is 431 g/mol. The standard InChI is InChI=1S/C21H23ClFN5O2/c1-11-19(22)12(2)27-20(26-11)16-8-28(9-17(16)24)21(29)15-4-3-13(23)7-18(15)30-10-14-5-6-25-14/h3-4,7,14,16,24-25H,5-6,8-10H2,1-2H3. The number of rotatable bonds is 5. The van der Waals surface area contributed by atoms with E-state index < -0.39 is 11.7 Å². The maximum absolute atomic E-state index is 13.8. The van der Waals surface area contributed by atoms with Crippen molar-refractivity contribution in [2.75, 3.05) is 26.2 Å². The Hall–Kier alpha value is -2.58. The highest BCUT2D eigenvalue weighted by atomic mass is 35.5. The average Bonchev–Trinajstić information content (AvgIpc) is 3.06. The van der Waals surface area contributed by atoms with Gasteiger partial charge < -0.3 is 20.4 Å². The lowest BCUT2D eigenvalue weighted by atomic mass is 10.1. The highest BCUT2D eigenvalue weighted by molar-refractivity contribution is 6.31. The molecule has 2 aromatic rings. The van der Waals surface area contributed by atoms with Gasteiger partial charge in [-0.25, -0.2) is 14.4 Å². The molecular formula is C21H23ClFN5O2. The van der Waals surface area contributed by atoms with Gasteiger partial charge in [0, 0.05) is 24.4 Å². The number of likely N-dealkylation sites (tertiary alicyclic amines) is 1. The summed E-state index contributed by atoms with van der Waals surface area (Å²) in [5, 5.41) is 12.1. The van der Waals surface area contributed by atoms with E-state index in [0.717, 1.165) is 13.0 Å². The molecule has 2 atom stereocenters. The van der Waals surface area contributed by atoms with Crippen molar-refractivity contribution in [3.05, 3.63) is 51.8 Å². The highest BCUT2D eigenvalue weighted by Crippen LogP contribution is 2.29. The number of hydrogen-bond acceptors (Lipinski definition) is 6. The number of ether oxygens (including phenoxy) is 1. The molecule has 7 nitrogen and oxygen atoms in total. The van der Waals surface area contributed by atoms with Crippen LogP contribution in [0.5, 0.6) is 5.75 Å². The second-order valence-electron chi connectivity index (χ2n) is 7.72. The van der Waals surface area contributed by atoms with E-state index in [1.165, 1.54) is 18.2 Å². The van der Waals surface area contributed by atoms with Crippen LogP contribution in [0.4, 0.5) is 4.39 Å². The Bertz CT molecular complexity index is 988. The Kier molecular flexibility index (Phi) is 5.71. The van der Waals surface area contributed by atoms with Crippen molar-refractivity contribution in [3.8, 4) is 5.75 Å². The normalized spacial score (nSPS) is 20.9. The molecule has 0 spiro atoms. The van der Waals surface area contributed by atoms with Gasteiger partial charge in [0.25, 0.3) is 5.91 Å². The van der Waals surface area contributed by atoms with Crippen LogP contribution in [0.1, 0.15) is 39.9 Å². The fourth-order valence-corrected chi connectivity index (χ4v) is 3.72. The van der Waals surface area contributed by atoms with E-state index >= 15 is 0 Å². The number of aromatic nitrogens is 2. The number of halogens is 2. The fraction of sp³-hybridized carbons (Fsp3) is 0.429. The molecule has 4 rings (SSSR count). The van der Waals surface area contributed by atoms with Crippen LogP contribution < -0.4 is 10.1 Å². The predicted octanol–water partition coefficient (Wildman–Crippen LogP) is 2.89. The van der Waals surface area contributed by atoms with Gasteiger partial charge in [-0.1, -0.05) is 11.6 Å². The minimum Gasteiger partial charge on any atom is -0.491 e. The summed E-state index contributed by atoms with van der Waals surface area (Å²) in [4.78, 5) is 23.6. The van der Waals surface area contributed by atoms with Gasteiger partial charge in [-0.2, -0.15) is 0 Å². The van der Waals surface area contributed by atoms with Crippen LogP contribution in [0.15, 0.2) is 18.2 Å². The van der Waals surface area contributed by atoms with E-state index in [9.17, 15) is 9.18 Å². The average molecular weight is 432 g/mol. The van der Waals surface area contributed by atoms with Crippen LogP contribution in [-0.2, 0) is 0 Å². The zero-order chi connectivity index (χ0) is 21.4. The van der Waals surface area contributed by atoms with Crippen LogP contribution in [0.3, 0.4) is 0 Å². The summed E-state index contributed by atoms with van der Waals surface area (Å²) >= 11 is 6.16. The Labute approximate surface area is 179 Å². The molecule has 1 aromatic heterocycles. The van der Waals surface area contributed by atoms with E-state index in [1.54, 1.807) is 18.7 Å². The number of amides is 1. The van der Waals surface area contributed by atoms with Crippen molar-refractivity contribution in [1.82, 2.24) is 20.2 Å². The predicted molar refractivity (Wildman–Crippen MR) is 111 cm³/mol. The van der Waals surface area contributed by atoms with E-state index in [2.05, 4.69) is 15.3 Å². The van der Waals surface area contributed by atoms with Gasteiger partial charge in [0.2, 0.25) is 0 Å². The lowest BCUT2D eigenvalue weighted by Gasteiger charge is -2.28. The molecule has 2 unspecified atom stereocenters. The molecule has 1 aromatic carbocycles. The number of benzene rings is 1. The molecule has 0 saturated carbocycles. The maximum atomic E-state index is 13.8. The number of nitrogens with one attached hydrogen (secondary N) is 2. The number of hydrogen-bond donors (Lipinski definition) is 2. The first-order chi connectivity index (χ1) is 14.3. The lowest BCUT2D eigenvalue weighted by Crippen LogP contribution is -2.46. The van der Waals surface area contributed by atoms with Crippen LogP contribution >= 0.6 is 11.6 Å². The number of carbonyl (C=O) groups is 1. The largest absolute Gasteiger partial charge is 0.491 e. The van der Waals surface area contributed by atoms with Crippen molar-refractivity contribution in [2.24, 2.45) is 0 Å². The summed E-state index contributed by atoms with van der Waals surface area (Å²) in [5.74, 6) is -0.455. The topological polar surface area (TPSA) is 91.2 Å². The van der Waals surface area contributed by atoms with Gasteiger partial charge in [-0.05, 0) is 38.9 Å². The smallest absolute Gasteiger partial charge is 0.257 e. The zero-order valence-corrected chi connectivity index (χ0v) is 17.6. The quantitative estimate of drug-likeness (QED) is 0.759. The zero-order valence-electron chi connectivity index (χ0n) is 16.8. The van der Waals surface area contributed by atoms with Crippen LogP contribution in [0, 0.1) is 25.1 Å². The van der Waals surface area contributed by atoms with Crippen LogP contribution in [0.2, 0.25) is 5.02 Å². The second-order valence-corrected chi connectivity index (χ2v) is 8.10. The van der Waals surface area contributed by atoms with E-state index in [-0.39, 0.29) is 36.4 Å². The van der Waals surface area contributed by atoms with Crippen LogP contribution in [-0.4, -0.2) is 58.8 Å². The number of nitrogens with zero attached hydrogens (tertiary/aromatic N) is 3. The molecule has 0 radical (unpaired) electrons. The molecule has 3 heterocycles. The molecule has 0 aliphatic carbocycles. The molecule has 2 aliphatic heterocycles. The summed E-state index contributed by atoms with van der Waals surface area (Å²) in [7, 11) is 0. The Morgan fingerprint density at radius 1 is 1.37 bits per heavy atom. The molecule has 30 heavy (non-hydrogen) atoms. The maximum Gasteiger partial charge on any atom is 0.257 e. The van der Waals surface area contributed by atoms with Gasteiger partial charge in [0.1, 0.15) is 24.0 Å². The minimum atomic E-state index is -0.462. The molecule has 2 aliphatic rings. The first-order valence-corrected chi connectivity index (χ1v) is 10.2. The highest BCUT2D eigenvalue weighted by Gasteiger charge is 2.35. The molecule has 158 valence electrons. The summed E-state index contributed by atoms with van der Waals surface area (Å²) in [5.41, 5.74) is 1.94. The van der Waals surface area contributed by atoms with E-state index in [4.69, 9.17) is 21.7 Å². The fourth-order valence-electron chi connectivity index (χ4n) is 3.63. The third-order valence-corrected chi connectivity index (χ3v) is 6.07. The van der Waals surface area contributed by atoms with Gasteiger partial charge in [-0.3, -0.25) is 4.79 Å². The molecule has 1 amide bonds. The van der Waals surface area contributed by atoms with Crippen molar-refractivity contribution >= 4 is 23.2 Å². The van der Waals surface area contributed by atoms with E-state index in [0.29, 0.717) is 34.6 Å².